The average Bonchev–Trinajstić information content (AvgIpc) is 2.16. The van der Waals surface area contributed by atoms with Gasteiger partial charge in [-0.15, -0.1) is 0 Å². The van der Waals surface area contributed by atoms with E-state index in [1.807, 2.05) is 6.92 Å². The summed E-state index contributed by atoms with van der Waals surface area (Å²) in [6.07, 6.45) is 5.32. The summed E-state index contributed by atoms with van der Waals surface area (Å²) in [5.74, 6) is 1.26. The number of carbonyl (C=O) groups excluding carboxylic acids is 1. The van der Waals surface area contributed by atoms with Gasteiger partial charge in [0, 0.05) is 0 Å². The maximum Gasteiger partial charge on any atom is 0.234 e. The van der Waals surface area contributed by atoms with Gasteiger partial charge in [-0.25, -0.2) is 0 Å². The fourth-order valence-corrected chi connectivity index (χ4v) is 2.13. The molecule has 0 aromatic carbocycles. The molecule has 3 heteroatoms. The lowest BCUT2D eigenvalue weighted by Gasteiger charge is -2.29. The molecule has 1 rings (SSSR count). The molecule has 1 fully saturated rings. The normalized spacial score (nSPS) is 29.9. The Kier molecular flexibility index (Phi) is 4.39. The molecule has 1 amide bonds. The van der Waals surface area contributed by atoms with Crippen molar-refractivity contribution in [3.8, 4) is 0 Å². The van der Waals surface area contributed by atoms with Gasteiger partial charge in [-0.05, 0) is 31.7 Å². The predicted molar refractivity (Wildman–Crippen MR) is 57.8 cm³/mol. The minimum absolute atomic E-state index is 0.191. The Morgan fingerprint density at radius 1 is 1.50 bits per heavy atom. The van der Waals surface area contributed by atoms with Crippen molar-refractivity contribution in [3.05, 3.63) is 0 Å². The SMILES string of the molecule is CC(NCC1CCCCC1C)C(N)=O. The lowest BCUT2D eigenvalue weighted by Crippen LogP contribution is -2.42. The Morgan fingerprint density at radius 2 is 2.14 bits per heavy atom. The Labute approximate surface area is 86.4 Å². The number of carbonyl (C=O) groups is 1. The predicted octanol–water partition coefficient (Wildman–Crippen LogP) is 1.28. The molecule has 14 heavy (non-hydrogen) atoms. The quantitative estimate of drug-likeness (QED) is 0.715. The highest BCUT2D eigenvalue weighted by atomic mass is 16.1. The highest BCUT2D eigenvalue weighted by Gasteiger charge is 2.21. The molecule has 0 aromatic rings. The van der Waals surface area contributed by atoms with Gasteiger partial charge in [-0.3, -0.25) is 4.79 Å². The Balaban J connectivity index is 2.25. The summed E-state index contributed by atoms with van der Waals surface area (Å²) in [5, 5.41) is 3.21. The molecule has 1 saturated carbocycles. The zero-order valence-electron chi connectivity index (χ0n) is 9.25. The first-order valence-electron chi connectivity index (χ1n) is 5.64. The maximum absolute atomic E-state index is 10.8. The van der Waals surface area contributed by atoms with Crippen molar-refractivity contribution in [2.45, 2.75) is 45.6 Å². The van der Waals surface area contributed by atoms with Gasteiger partial charge in [0.25, 0.3) is 0 Å². The zero-order chi connectivity index (χ0) is 10.6. The van der Waals surface area contributed by atoms with E-state index < -0.39 is 0 Å². The number of hydrogen-bond donors (Lipinski definition) is 2. The topological polar surface area (TPSA) is 55.1 Å². The Bertz CT molecular complexity index is 194. The number of amides is 1. The summed E-state index contributed by atoms with van der Waals surface area (Å²) >= 11 is 0. The van der Waals surface area contributed by atoms with Gasteiger partial charge < -0.3 is 11.1 Å². The molecule has 0 spiro atoms. The van der Waals surface area contributed by atoms with E-state index in [1.165, 1.54) is 25.7 Å². The smallest absolute Gasteiger partial charge is 0.234 e. The molecular formula is C11H22N2O. The van der Waals surface area contributed by atoms with Gasteiger partial charge in [0.2, 0.25) is 5.91 Å². The molecule has 0 bridgehead atoms. The lowest BCUT2D eigenvalue weighted by molar-refractivity contribution is -0.119. The van der Waals surface area contributed by atoms with Crippen LogP contribution < -0.4 is 11.1 Å². The molecule has 0 radical (unpaired) electrons. The molecule has 1 aliphatic carbocycles. The number of primary amides is 1. The van der Waals surface area contributed by atoms with Gasteiger partial charge in [0.1, 0.15) is 0 Å². The van der Waals surface area contributed by atoms with Gasteiger partial charge in [0.05, 0.1) is 6.04 Å². The summed E-state index contributed by atoms with van der Waals surface area (Å²) in [5.41, 5.74) is 5.18. The third-order valence-corrected chi connectivity index (χ3v) is 3.40. The third kappa shape index (κ3) is 3.29. The van der Waals surface area contributed by atoms with Crippen LogP contribution in [0.3, 0.4) is 0 Å². The van der Waals surface area contributed by atoms with Crippen LogP contribution in [0.25, 0.3) is 0 Å². The van der Waals surface area contributed by atoms with Crippen LogP contribution >= 0.6 is 0 Å². The summed E-state index contributed by atoms with van der Waals surface area (Å²) < 4.78 is 0. The fraction of sp³-hybridized carbons (Fsp3) is 0.909. The van der Waals surface area contributed by atoms with Crippen LogP contribution in [0.5, 0.6) is 0 Å². The summed E-state index contributed by atoms with van der Waals surface area (Å²) in [6, 6.07) is -0.191. The molecule has 3 atom stereocenters. The first-order valence-corrected chi connectivity index (χ1v) is 5.64. The number of nitrogens with two attached hydrogens (primary N) is 1. The lowest BCUT2D eigenvalue weighted by atomic mass is 9.80. The molecular weight excluding hydrogens is 176 g/mol. The van der Waals surface area contributed by atoms with E-state index in [0.717, 1.165) is 18.4 Å². The van der Waals surface area contributed by atoms with Crippen molar-refractivity contribution in [3.63, 3.8) is 0 Å². The van der Waals surface area contributed by atoms with E-state index in [-0.39, 0.29) is 11.9 Å². The first kappa shape index (κ1) is 11.5. The molecule has 1 aliphatic rings. The standard InChI is InChI=1S/C11H22N2O/c1-8-5-3-4-6-10(8)7-13-9(2)11(12)14/h8-10,13H,3-7H2,1-2H3,(H2,12,14). The largest absolute Gasteiger partial charge is 0.368 e. The fourth-order valence-electron chi connectivity index (χ4n) is 2.13. The summed E-state index contributed by atoms with van der Waals surface area (Å²) in [6.45, 7) is 5.07. The van der Waals surface area contributed by atoms with Crippen LogP contribution in [-0.2, 0) is 4.79 Å². The van der Waals surface area contributed by atoms with Crippen molar-refractivity contribution in [2.75, 3.05) is 6.54 Å². The zero-order valence-corrected chi connectivity index (χ0v) is 9.25. The summed E-state index contributed by atoms with van der Waals surface area (Å²) in [4.78, 5) is 10.8. The first-order chi connectivity index (χ1) is 6.61. The number of rotatable bonds is 4. The molecule has 3 unspecified atom stereocenters. The average molecular weight is 198 g/mol. The minimum atomic E-state index is -0.256. The van der Waals surface area contributed by atoms with Gasteiger partial charge in [-0.1, -0.05) is 26.2 Å². The second kappa shape index (κ2) is 5.35. The highest BCUT2D eigenvalue weighted by Crippen LogP contribution is 2.28. The van der Waals surface area contributed by atoms with E-state index >= 15 is 0 Å². The van der Waals surface area contributed by atoms with Crippen LogP contribution in [0.1, 0.15) is 39.5 Å². The highest BCUT2D eigenvalue weighted by molar-refractivity contribution is 5.79. The van der Waals surface area contributed by atoms with Gasteiger partial charge >= 0.3 is 0 Å². The summed E-state index contributed by atoms with van der Waals surface area (Å²) in [7, 11) is 0. The molecule has 0 aromatic heterocycles. The molecule has 0 aliphatic heterocycles. The third-order valence-electron chi connectivity index (χ3n) is 3.40. The van der Waals surface area contributed by atoms with Crippen LogP contribution in [0.15, 0.2) is 0 Å². The Morgan fingerprint density at radius 3 is 2.71 bits per heavy atom. The van der Waals surface area contributed by atoms with Crippen molar-refractivity contribution >= 4 is 5.91 Å². The van der Waals surface area contributed by atoms with E-state index in [4.69, 9.17) is 5.73 Å². The van der Waals surface area contributed by atoms with Crippen LogP contribution in [0, 0.1) is 11.8 Å². The van der Waals surface area contributed by atoms with E-state index in [2.05, 4.69) is 12.2 Å². The van der Waals surface area contributed by atoms with E-state index in [0.29, 0.717) is 0 Å². The van der Waals surface area contributed by atoms with Gasteiger partial charge in [-0.2, -0.15) is 0 Å². The maximum atomic E-state index is 10.8. The second-order valence-electron chi connectivity index (χ2n) is 4.55. The molecule has 0 saturated heterocycles. The van der Waals surface area contributed by atoms with E-state index in [9.17, 15) is 4.79 Å². The second-order valence-corrected chi connectivity index (χ2v) is 4.55. The molecule has 0 heterocycles. The Hall–Kier alpha value is -0.570. The molecule has 82 valence electrons. The number of nitrogens with one attached hydrogen (secondary N) is 1. The van der Waals surface area contributed by atoms with Crippen molar-refractivity contribution in [1.82, 2.24) is 5.32 Å². The van der Waals surface area contributed by atoms with Crippen LogP contribution in [0.4, 0.5) is 0 Å². The van der Waals surface area contributed by atoms with Crippen molar-refractivity contribution < 1.29 is 4.79 Å². The van der Waals surface area contributed by atoms with E-state index in [1.54, 1.807) is 0 Å². The van der Waals surface area contributed by atoms with Crippen molar-refractivity contribution in [1.29, 1.82) is 0 Å². The minimum Gasteiger partial charge on any atom is -0.368 e. The molecule has 3 N–H and O–H groups in total. The van der Waals surface area contributed by atoms with Crippen molar-refractivity contribution in [2.24, 2.45) is 17.6 Å². The number of hydrogen-bond acceptors (Lipinski definition) is 2. The molecule has 3 nitrogen and oxygen atoms in total. The van der Waals surface area contributed by atoms with Crippen LogP contribution in [0.2, 0.25) is 0 Å². The van der Waals surface area contributed by atoms with Crippen LogP contribution in [-0.4, -0.2) is 18.5 Å². The monoisotopic (exact) mass is 198 g/mol. The van der Waals surface area contributed by atoms with Gasteiger partial charge in [0.15, 0.2) is 0 Å².